The van der Waals surface area contributed by atoms with E-state index in [1.165, 1.54) is 32.1 Å². The van der Waals surface area contributed by atoms with Gasteiger partial charge in [-0.05, 0) is 38.5 Å². The molecule has 19 heavy (non-hydrogen) atoms. The smallest absolute Gasteiger partial charge is 0.132 e. The van der Waals surface area contributed by atoms with Gasteiger partial charge in [-0.3, -0.25) is 4.68 Å². The summed E-state index contributed by atoms with van der Waals surface area (Å²) in [6, 6.07) is 0.586. The Kier molecular flexibility index (Phi) is 4.50. The molecule has 1 heterocycles. The minimum Gasteiger partial charge on any atom is -0.391 e. The molecule has 0 saturated heterocycles. The summed E-state index contributed by atoms with van der Waals surface area (Å²) in [6.07, 6.45) is 6.48. The molecule has 1 saturated carbocycles. The van der Waals surface area contributed by atoms with Crippen LogP contribution in [0.25, 0.3) is 0 Å². The van der Waals surface area contributed by atoms with E-state index in [1.54, 1.807) is 0 Å². The Bertz CT molecular complexity index is 419. The first-order valence-electron chi connectivity index (χ1n) is 7.44. The lowest BCUT2D eigenvalue weighted by Crippen LogP contribution is -2.36. The van der Waals surface area contributed by atoms with Gasteiger partial charge in [-0.2, -0.15) is 5.10 Å². The molecule has 0 aliphatic heterocycles. The summed E-state index contributed by atoms with van der Waals surface area (Å²) in [4.78, 5) is 2.33. The molecule has 0 atom stereocenters. The molecule has 1 aliphatic rings. The van der Waals surface area contributed by atoms with E-state index < -0.39 is 0 Å². The van der Waals surface area contributed by atoms with E-state index in [-0.39, 0.29) is 6.61 Å². The Morgan fingerprint density at radius 1 is 1.32 bits per heavy atom. The van der Waals surface area contributed by atoms with E-state index in [0.29, 0.717) is 6.04 Å². The standard InChI is InChI=1S/C15H27N3O/c1-5-12-6-8-13(9-7-12)17(3)15-14(10-19)11(2)16-18(15)4/h12-13,19H,5-10H2,1-4H3. The normalized spacial score (nSPS) is 23.6. The van der Waals surface area contributed by atoms with Crippen LogP contribution < -0.4 is 4.90 Å². The number of aryl methyl sites for hydroxylation is 2. The SMILES string of the molecule is CCC1CCC(N(C)c2c(CO)c(C)nn2C)CC1. The van der Waals surface area contributed by atoms with Crippen molar-refractivity contribution in [3.63, 3.8) is 0 Å². The van der Waals surface area contributed by atoms with E-state index in [1.807, 2.05) is 18.7 Å². The number of hydrogen-bond donors (Lipinski definition) is 1. The second-order valence-corrected chi connectivity index (χ2v) is 5.86. The lowest BCUT2D eigenvalue weighted by Gasteiger charge is -2.36. The summed E-state index contributed by atoms with van der Waals surface area (Å²) in [5, 5.41) is 14.0. The molecule has 1 aromatic heterocycles. The topological polar surface area (TPSA) is 41.3 Å². The summed E-state index contributed by atoms with van der Waals surface area (Å²) in [5.74, 6) is 2.00. The first-order valence-corrected chi connectivity index (χ1v) is 7.44. The van der Waals surface area contributed by atoms with Gasteiger partial charge in [0.25, 0.3) is 0 Å². The van der Waals surface area contributed by atoms with Crippen molar-refractivity contribution in [1.82, 2.24) is 9.78 Å². The van der Waals surface area contributed by atoms with Crippen LogP contribution >= 0.6 is 0 Å². The highest BCUT2D eigenvalue weighted by Crippen LogP contribution is 2.32. The first kappa shape index (κ1) is 14.4. The predicted octanol–water partition coefficient (Wildman–Crippen LogP) is 2.63. The Balaban J connectivity index is 2.14. The van der Waals surface area contributed by atoms with Gasteiger partial charge < -0.3 is 10.0 Å². The summed E-state index contributed by atoms with van der Waals surface area (Å²) >= 11 is 0. The average Bonchev–Trinajstić information content (AvgIpc) is 2.72. The first-order chi connectivity index (χ1) is 9.08. The lowest BCUT2D eigenvalue weighted by atomic mass is 9.84. The molecule has 0 radical (unpaired) electrons. The second-order valence-electron chi connectivity index (χ2n) is 5.86. The van der Waals surface area contributed by atoms with Gasteiger partial charge in [0.05, 0.1) is 12.3 Å². The molecule has 1 N–H and O–H groups in total. The van der Waals surface area contributed by atoms with Crippen molar-refractivity contribution in [3.05, 3.63) is 11.3 Å². The highest BCUT2D eigenvalue weighted by molar-refractivity contribution is 5.50. The number of hydrogen-bond acceptors (Lipinski definition) is 3. The minimum atomic E-state index is 0.0731. The van der Waals surface area contributed by atoms with Crippen molar-refractivity contribution in [2.24, 2.45) is 13.0 Å². The summed E-state index contributed by atoms with van der Waals surface area (Å²) in [7, 11) is 4.11. The van der Waals surface area contributed by atoms with Crippen molar-refractivity contribution in [3.8, 4) is 0 Å². The van der Waals surface area contributed by atoms with Crippen LogP contribution in [0.2, 0.25) is 0 Å². The Hall–Kier alpha value is -1.03. The molecule has 0 amide bonds. The summed E-state index contributed by atoms with van der Waals surface area (Å²) in [5.41, 5.74) is 1.91. The van der Waals surface area contributed by atoms with E-state index in [0.717, 1.165) is 23.0 Å². The van der Waals surface area contributed by atoms with Gasteiger partial charge in [-0.1, -0.05) is 13.3 Å². The van der Waals surface area contributed by atoms with Crippen molar-refractivity contribution in [2.45, 2.75) is 58.6 Å². The molecule has 1 aromatic rings. The lowest BCUT2D eigenvalue weighted by molar-refractivity contribution is 0.279. The predicted molar refractivity (Wildman–Crippen MR) is 78.3 cm³/mol. The average molecular weight is 265 g/mol. The molecule has 0 unspecified atom stereocenters. The molecule has 0 bridgehead atoms. The van der Waals surface area contributed by atoms with Crippen molar-refractivity contribution < 1.29 is 5.11 Å². The minimum absolute atomic E-state index is 0.0731. The van der Waals surface area contributed by atoms with Gasteiger partial charge in [0.2, 0.25) is 0 Å². The van der Waals surface area contributed by atoms with Gasteiger partial charge >= 0.3 is 0 Å². The highest BCUT2D eigenvalue weighted by atomic mass is 16.3. The molecule has 1 fully saturated rings. The zero-order chi connectivity index (χ0) is 14.0. The van der Waals surface area contributed by atoms with E-state index in [4.69, 9.17) is 0 Å². The van der Waals surface area contributed by atoms with Crippen LogP contribution in [0.4, 0.5) is 5.82 Å². The molecule has 0 aromatic carbocycles. The van der Waals surface area contributed by atoms with E-state index >= 15 is 0 Å². The zero-order valence-corrected chi connectivity index (χ0v) is 12.7. The molecule has 4 heteroatoms. The van der Waals surface area contributed by atoms with E-state index in [9.17, 15) is 5.11 Å². The van der Waals surface area contributed by atoms with Crippen LogP contribution in [0, 0.1) is 12.8 Å². The van der Waals surface area contributed by atoms with Crippen LogP contribution in [-0.4, -0.2) is 28.0 Å². The fourth-order valence-electron chi connectivity index (χ4n) is 3.43. The van der Waals surface area contributed by atoms with Crippen LogP contribution in [0.15, 0.2) is 0 Å². The monoisotopic (exact) mass is 265 g/mol. The van der Waals surface area contributed by atoms with Crippen LogP contribution in [-0.2, 0) is 13.7 Å². The number of anilines is 1. The highest BCUT2D eigenvalue weighted by Gasteiger charge is 2.26. The van der Waals surface area contributed by atoms with Gasteiger partial charge in [0, 0.05) is 25.7 Å². The summed E-state index contributed by atoms with van der Waals surface area (Å²) < 4.78 is 1.91. The number of aromatic nitrogens is 2. The van der Waals surface area contributed by atoms with Crippen molar-refractivity contribution >= 4 is 5.82 Å². The third-order valence-corrected chi connectivity index (χ3v) is 4.75. The van der Waals surface area contributed by atoms with Crippen molar-refractivity contribution in [2.75, 3.05) is 11.9 Å². The number of rotatable bonds is 4. The van der Waals surface area contributed by atoms with E-state index in [2.05, 4.69) is 24.0 Å². The zero-order valence-electron chi connectivity index (χ0n) is 12.7. The fraction of sp³-hybridized carbons (Fsp3) is 0.800. The maximum absolute atomic E-state index is 9.56. The third kappa shape index (κ3) is 2.78. The number of nitrogens with zero attached hydrogens (tertiary/aromatic N) is 3. The Labute approximate surface area is 116 Å². The van der Waals surface area contributed by atoms with Crippen LogP contribution in [0.1, 0.15) is 50.3 Å². The largest absolute Gasteiger partial charge is 0.391 e. The molecule has 0 spiro atoms. The molecule has 108 valence electrons. The van der Waals surface area contributed by atoms with Gasteiger partial charge in [-0.25, -0.2) is 0 Å². The third-order valence-electron chi connectivity index (χ3n) is 4.75. The van der Waals surface area contributed by atoms with Gasteiger partial charge in [0.15, 0.2) is 0 Å². The Morgan fingerprint density at radius 3 is 2.47 bits per heavy atom. The molecule has 2 rings (SSSR count). The molecule has 4 nitrogen and oxygen atoms in total. The maximum atomic E-state index is 9.56. The second kappa shape index (κ2) is 5.95. The fourth-order valence-corrected chi connectivity index (χ4v) is 3.43. The Morgan fingerprint density at radius 2 is 1.95 bits per heavy atom. The van der Waals surface area contributed by atoms with Crippen LogP contribution in [0.5, 0.6) is 0 Å². The number of aliphatic hydroxyl groups is 1. The number of aliphatic hydroxyl groups excluding tert-OH is 1. The summed E-state index contributed by atoms with van der Waals surface area (Å²) in [6.45, 7) is 4.34. The van der Waals surface area contributed by atoms with Crippen molar-refractivity contribution in [1.29, 1.82) is 0 Å². The van der Waals surface area contributed by atoms with Gasteiger partial charge in [0.1, 0.15) is 5.82 Å². The quantitative estimate of drug-likeness (QED) is 0.910. The van der Waals surface area contributed by atoms with Gasteiger partial charge in [-0.15, -0.1) is 0 Å². The molecular weight excluding hydrogens is 238 g/mol. The maximum Gasteiger partial charge on any atom is 0.132 e. The van der Waals surface area contributed by atoms with Crippen LogP contribution in [0.3, 0.4) is 0 Å². The molecular formula is C15H27N3O. The molecule has 1 aliphatic carbocycles.